The highest BCUT2D eigenvalue weighted by Gasteiger charge is 2.14. The molecule has 0 aliphatic carbocycles. The van der Waals surface area contributed by atoms with E-state index in [-0.39, 0.29) is 5.91 Å². The number of aromatic nitrogens is 3. The van der Waals surface area contributed by atoms with Crippen LogP contribution in [0.3, 0.4) is 0 Å². The van der Waals surface area contributed by atoms with Crippen molar-refractivity contribution in [3.63, 3.8) is 0 Å². The van der Waals surface area contributed by atoms with Crippen LogP contribution in [0.4, 0.5) is 11.6 Å². The number of nitrogens with zero attached hydrogens (tertiary/aromatic N) is 5. The molecule has 7 nitrogen and oxygen atoms in total. The molecule has 2 aromatic rings. The molecular weight excluding hydrogens is 268 g/mol. The fourth-order valence-corrected chi connectivity index (χ4v) is 2.13. The van der Waals surface area contributed by atoms with Crippen LogP contribution in [-0.4, -0.2) is 32.9 Å². The monoisotopic (exact) mass is 284 g/mol. The molecule has 0 spiro atoms. The number of rotatable bonds is 3. The van der Waals surface area contributed by atoms with E-state index in [4.69, 9.17) is 0 Å². The summed E-state index contributed by atoms with van der Waals surface area (Å²) in [6.45, 7) is 2.90. The molecule has 21 heavy (non-hydrogen) atoms. The molecular formula is C14H16N6O. The fraction of sp³-hybridized carbons (Fsp3) is 0.286. The lowest BCUT2D eigenvalue weighted by Gasteiger charge is -2.13. The summed E-state index contributed by atoms with van der Waals surface area (Å²) in [6.07, 6.45) is 2.38. The van der Waals surface area contributed by atoms with Crippen LogP contribution < -0.4 is 10.3 Å². The highest BCUT2D eigenvalue weighted by Crippen LogP contribution is 2.20. The minimum absolute atomic E-state index is 0.209. The Bertz CT molecular complexity index is 688. The molecule has 0 saturated heterocycles. The van der Waals surface area contributed by atoms with Crippen LogP contribution in [0, 0.1) is 0 Å². The second-order valence-corrected chi connectivity index (χ2v) is 4.92. The number of carbonyl (C=O) groups excluding carboxylic acids is 1. The average Bonchev–Trinajstić information content (AvgIpc) is 3.08. The van der Waals surface area contributed by atoms with Crippen molar-refractivity contribution in [3.05, 3.63) is 36.2 Å². The van der Waals surface area contributed by atoms with Crippen LogP contribution in [0.2, 0.25) is 0 Å². The van der Waals surface area contributed by atoms with Gasteiger partial charge in [-0.3, -0.25) is 15.1 Å². The Balaban J connectivity index is 1.72. The summed E-state index contributed by atoms with van der Waals surface area (Å²) in [4.78, 5) is 16.1. The first kappa shape index (κ1) is 13.3. The second kappa shape index (κ2) is 5.35. The zero-order valence-corrected chi connectivity index (χ0v) is 11.9. The summed E-state index contributed by atoms with van der Waals surface area (Å²) in [5.74, 6) is 0.211. The van der Waals surface area contributed by atoms with Crippen molar-refractivity contribution in [3.8, 4) is 0 Å². The Morgan fingerprint density at radius 3 is 2.62 bits per heavy atom. The normalized spacial score (nSPS) is 14.2. The molecule has 1 amide bonds. The molecule has 0 unspecified atom stereocenters. The molecule has 3 rings (SSSR count). The summed E-state index contributed by atoms with van der Waals surface area (Å²) in [5, 5.41) is 13.0. The van der Waals surface area contributed by atoms with Crippen molar-refractivity contribution in [2.24, 2.45) is 12.1 Å². The molecule has 1 aromatic heterocycles. The number of nitrogens with one attached hydrogen (secondary N) is 1. The van der Waals surface area contributed by atoms with Crippen molar-refractivity contribution in [1.82, 2.24) is 14.8 Å². The van der Waals surface area contributed by atoms with Gasteiger partial charge in [-0.15, -0.1) is 0 Å². The maximum Gasteiger partial charge on any atom is 0.258 e. The van der Waals surface area contributed by atoms with E-state index in [2.05, 4.69) is 20.5 Å². The number of aryl methyl sites for hydroxylation is 1. The van der Waals surface area contributed by atoms with Crippen LogP contribution in [-0.2, 0) is 7.05 Å². The van der Waals surface area contributed by atoms with Gasteiger partial charge in [0.1, 0.15) is 6.33 Å². The van der Waals surface area contributed by atoms with E-state index in [9.17, 15) is 4.79 Å². The van der Waals surface area contributed by atoms with Gasteiger partial charge in [-0.25, -0.2) is 4.68 Å². The van der Waals surface area contributed by atoms with Crippen LogP contribution in [0.5, 0.6) is 0 Å². The highest BCUT2D eigenvalue weighted by atomic mass is 16.1. The molecule has 0 radical (unpaired) electrons. The Labute approximate surface area is 122 Å². The van der Waals surface area contributed by atoms with Crippen molar-refractivity contribution < 1.29 is 4.79 Å². The molecule has 7 heteroatoms. The van der Waals surface area contributed by atoms with Gasteiger partial charge in [0.25, 0.3) is 5.91 Å². The van der Waals surface area contributed by atoms with Gasteiger partial charge in [0.05, 0.1) is 5.69 Å². The predicted molar refractivity (Wildman–Crippen MR) is 80.5 cm³/mol. The molecule has 0 fully saturated rings. The first-order valence-electron chi connectivity index (χ1n) is 6.70. The van der Waals surface area contributed by atoms with Gasteiger partial charge in [0, 0.05) is 31.3 Å². The summed E-state index contributed by atoms with van der Waals surface area (Å²) < 4.78 is 1.51. The van der Waals surface area contributed by atoms with Crippen LogP contribution in [0.15, 0.2) is 35.7 Å². The average molecular weight is 284 g/mol. The minimum atomic E-state index is -0.209. The van der Waals surface area contributed by atoms with Crippen LogP contribution in [0.1, 0.15) is 23.7 Å². The SMILES string of the molecule is CC1=NN(c2ccc(C(=O)Nc3ncnn3C)cc2)CC1. The first-order valence-corrected chi connectivity index (χ1v) is 6.70. The van der Waals surface area contributed by atoms with E-state index in [1.807, 2.05) is 24.1 Å². The molecule has 0 saturated carbocycles. The standard InChI is InChI=1S/C14H16N6O/c1-10-7-8-20(18-10)12-5-3-11(4-6-12)13(21)17-14-15-9-16-19(14)2/h3-6,9H,7-8H2,1-2H3,(H,15,16,17,21). The largest absolute Gasteiger partial charge is 0.291 e. The van der Waals surface area contributed by atoms with Gasteiger partial charge in [-0.2, -0.15) is 15.2 Å². The smallest absolute Gasteiger partial charge is 0.258 e. The van der Waals surface area contributed by atoms with Gasteiger partial charge in [-0.1, -0.05) is 0 Å². The summed E-state index contributed by atoms with van der Waals surface area (Å²) >= 11 is 0. The van der Waals surface area contributed by atoms with E-state index < -0.39 is 0 Å². The van der Waals surface area contributed by atoms with Crippen LogP contribution in [0.25, 0.3) is 0 Å². The molecule has 1 aromatic carbocycles. The summed E-state index contributed by atoms with van der Waals surface area (Å²) in [6, 6.07) is 7.36. The Kier molecular flexibility index (Phi) is 3.39. The number of amides is 1. The third kappa shape index (κ3) is 2.76. The lowest BCUT2D eigenvalue weighted by Crippen LogP contribution is -2.16. The topological polar surface area (TPSA) is 75.4 Å². The number of carbonyl (C=O) groups is 1. The molecule has 0 bridgehead atoms. The predicted octanol–water partition coefficient (Wildman–Crippen LogP) is 1.65. The van der Waals surface area contributed by atoms with Crippen molar-refractivity contribution in [2.45, 2.75) is 13.3 Å². The molecule has 1 aliphatic heterocycles. The number of anilines is 2. The third-order valence-corrected chi connectivity index (χ3v) is 3.34. The Hall–Kier alpha value is -2.70. The Morgan fingerprint density at radius 1 is 1.29 bits per heavy atom. The summed E-state index contributed by atoms with van der Waals surface area (Å²) in [5.41, 5.74) is 2.68. The zero-order valence-electron chi connectivity index (χ0n) is 11.9. The number of hydrogen-bond acceptors (Lipinski definition) is 5. The molecule has 0 atom stereocenters. The first-order chi connectivity index (χ1) is 10.1. The van der Waals surface area contributed by atoms with E-state index >= 15 is 0 Å². The van der Waals surface area contributed by atoms with E-state index in [0.29, 0.717) is 11.5 Å². The summed E-state index contributed by atoms with van der Waals surface area (Å²) in [7, 11) is 1.72. The number of hydrogen-bond donors (Lipinski definition) is 1. The van der Waals surface area contributed by atoms with E-state index in [1.165, 1.54) is 11.0 Å². The number of hydrazone groups is 1. The maximum absolute atomic E-state index is 12.1. The molecule has 2 heterocycles. The quantitative estimate of drug-likeness (QED) is 0.930. The maximum atomic E-state index is 12.1. The molecule has 1 N–H and O–H groups in total. The fourth-order valence-electron chi connectivity index (χ4n) is 2.13. The van der Waals surface area contributed by atoms with Gasteiger partial charge < -0.3 is 0 Å². The third-order valence-electron chi connectivity index (χ3n) is 3.34. The van der Waals surface area contributed by atoms with Gasteiger partial charge >= 0.3 is 0 Å². The zero-order chi connectivity index (χ0) is 14.8. The number of benzene rings is 1. The van der Waals surface area contributed by atoms with Gasteiger partial charge in [0.15, 0.2) is 0 Å². The highest BCUT2D eigenvalue weighted by molar-refractivity contribution is 6.03. The van der Waals surface area contributed by atoms with Crippen molar-refractivity contribution in [2.75, 3.05) is 16.9 Å². The lowest BCUT2D eigenvalue weighted by molar-refractivity contribution is 0.102. The lowest BCUT2D eigenvalue weighted by atomic mass is 10.2. The second-order valence-electron chi connectivity index (χ2n) is 4.92. The van der Waals surface area contributed by atoms with Gasteiger partial charge in [0.2, 0.25) is 5.95 Å². The minimum Gasteiger partial charge on any atom is -0.291 e. The van der Waals surface area contributed by atoms with Crippen LogP contribution >= 0.6 is 0 Å². The van der Waals surface area contributed by atoms with Crippen molar-refractivity contribution in [1.29, 1.82) is 0 Å². The van der Waals surface area contributed by atoms with Gasteiger partial charge in [-0.05, 0) is 31.2 Å². The van der Waals surface area contributed by atoms with E-state index in [1.54, 1.807) is 19.2 Å². The molecule has 108 valence electrons. The van der Waals surface area contributed by atoms with E-state index in [0.717, 1.165) is 24.4 Å². The molecule has 1 aliphatic rings. The van der Waals surface area contributed by atoms with Crippen molar-refractivity contribution >= 4 is 23.3 Å². The Morgan fingerprint density at radius 2 is 2.05 bits per heavy atom.